The molecule has 0 rings (SSSR count). The molecule has 0 heterocycles. The van der Waals surface area contributed by atoms with E-state index in [0.29, 0.717) is 13.3 Å². The number of rotatable bonds is 4. The van der Waals surface area contributed by atoms with E-state index in [4.69, 9.17) is 5.11 Å². The second-order valence-corrected chi connectivity index (χ2v) is 7.13. The van der Waals surface area contributed by atoms with Gasteiger partial charge in [-0.15, -0.1) is 0 Å². The van der Waals surface area contributed by atoms with Gasteiger partial charge >= 0.3 is 18.2 Å². The number of carboxylic acid groups (broad SMARTS) is 1. The summed E-state index contributed by atoms with van der Waals surface area (Å²) in [6.07, 6.45) is -4.60. The lowest BCUT2D eigenvalue weighted by Crippen LogP contribution is -2.65. The van der Waals surface area contributed by atoms with Gasteiger partial charge in [-0.2, -0.15) is 13.2 Å². The first-order valence-electron chi connectivity index (χ1n) is 6.41. The maximum absolute atomic E-state index is 12.8. The van der Waals surface area contributed by atoms with Crippen LogP contribution in [0.4, 0.5) is 18.0 Å². The summed E-state index contributed by atoms with van der Waals surface area (Å²) < 4.78 is 38.4. The average molecular weight is 312 g/mol. The van der Waals surface area contributed by atoms with Crippen molar-refractivity contribution in [3.63, 3.8) is 0 Å². The fourth-order valence-corrected chi connectivity index (χ4v) is 2.18. The van der Waals surface area contributed by atoms with Gasteiger partial charge in [-0.1, -0.05) is 20.8 Å². The molecule has 0 aliphatic carbocycles. The third kappa shape index (κ3) is 5.81. The van der Waals surface area contributed by atoms with Crippen LogP contribution in [0, 0.1) is 5.41 Å². The van der Waals surface area contributed by atoms with Crippen LogP contribution in [-0.4, -0.2) is 34.4 Å². The van der Waals surface area contributed by atoms with Crippen molar-refractivity contribution >= 4 is 12.0 Å². The van der Waals surface area contributed by atoms with Gasteiger partial charge in [0, 0.05) is 5.54 Å². The number of hydrogen-bond acceptors (Lipinski definition) is 2. The van der Waals surface area contributed by atoms with Crippen LogP contribution < -0.4 is 10.6 Å². The number of aliphatic carboxylic acids is 1. The van der Waals surface area contributed by atoms with E-state index in [9.17, 15) is 22.8 Å². The molecule has 0 saturated heterocycles. The standard InChI is InChI=1S/C13H23F3N2O3/c1-10(2,3)7-11(4,5)17-9(21)18-12(6,8(19)20)13(14,15)16/h7H2,1-6H3,(H,19,20)(H2,17,18,21). The molecule has 0 aromatic rings. The Morgan fingerprint density at radius 1 is 0.952 bits per heavy atom. The second kappa shape index (κ2) is 5.73. The van der Waals surface area contributed by atoms with Crippen molar-refractivity contribution in [2.45, 2.75) is 65.2 Å². The van der Waals surface area contributed by atoms with Gasteiger partial charge in [-0.25, -0.2) is 9.59 Å². The molecule has 1 unspecified atom stereocenters. The van der Waals surface area contributed by atoms with Crippen LogP contribution in [0.1, 0.15) is 48.0 Å². The summed E-state index contributed by atoms with van der Waals surface area (Å²) in [5.74, 6) is -2.17. The largest absolute Gasteiger partial charge is 0.479 e. The van der Waals surface area contributed by atoms with Gasteiger partial charge in [0.05, 0.1) is 0 Å². The summed E-state index contributed by atoms with van der Waals surface area (Å²) in [5.41, 5.74) is -4.28. The molecule has 0 bridgehead atoms. The summed E-state index contributed by atoms with van der Waals surface area (Å²) in [4.78, 5) is 22.6. The van der Waals surface area contributed by atoms with Crippen molar-refractivity contribution in [2.75, 3.05) is 0 Å². The highest BCUT2D eigenvalue weighted by atomic mass is 19.4. The van der Waals surface area contributed by atoms with Gasteiger partial charge in [-0.05, 0) is 32.6 Å². The first kappa shape index (κ1) is 19.5. The lowest BCUT2D eigenvalue weighted by molar-refractivity contribution is -0.203. The number of urea groups is 1. The number of carbonyl (C=O) groups excluding carboxylic acids is 1. The fourth-order valence-electron chi connectivity index (χ4n) is 2.18. The van der Waals surface area contributed by atoms with Crippen LogP contribution in [0.25, 0.3) is 0 Å². The summed E-state index contributed by atoms with van der Waals surface area (Å²) in [6, 6.07) is -1.17. The van der Waals surface area contributed by atoms with E-state index < -0.39 is 29.3 Å². The smallest absolute Gasteiger partial charge is 0.422 e. The number of nitrogens with one attached hydrogen (secondary N) is 2. The fraction of sp³-hybridized carbons (Fsp3) is 0.846. The molecule has 0 radical (unpaired) electrons. The highest BCUT2D eigenvalue weighted by Gasteiger charge is 2.58. The molecule has 0 spiro atoms. The third-order valence-corrected chi connectivity index (χ3v) is 2.78. The molecule has 1 atom stereocenters. The molecule has 8 heteroatoms. The molecular formula is C13H23F3N2O3. The van der Waals surface area contributed by atoms with Crippen LogP contribution in [-0.2, 0) is 4.79 Å². The van der Waals surface area contributed by atoms with Crippen molar-refractivity contribution in [3.8, 4) is 0 Å². The lowest BCUT2D eigenvalue weighted by Gasteiger charge is -2.35. The van der Waals surface area contributed by atoms with Crippen molar-refractivity contribution in [1.82, 2.24) is 10.6 Å². The predicted molar refractivity (Wildman–Crippen MR) is 71.9 cm³/mol. The minimum Gasteiger partial charge on any atom is -0.479 e. The van der Waals surface area contributed by atoms with Crippen LogP contribution >= 0.6 is 0 Å². The zero-order valence-electron chi connectivity index (χ0n) is 13.1. The van der Waals surface area contributed by atoms with Gasteiger partial charge in [-0.3, -0.25) is 0 Å². The van der Waals surface area contributed by atoms with Crippen molar-refractivity contribution in [2.24, 2.45) is 5.41 Å². The average Bonchev–Trinajstić information content (AvgIpc) is 2.08. The van der Waals surface area contributed by atoms with Crippen molar-refractivity contribution < 1.29 is 27.9 Å². The highest BCUT2D eigenvalue weighted by Crippen LogP contribution is 2.31. The predicted octanol–water partition coefficient (Wildman–Crippen LogP) is 2.91. The van der Waals surface area contributed by atoms with E-state index in [-0.39, 0.29) is 5.41 Å². The summed E-state index contributed by atoms with van der Waals surface area (Å²) in [7, 11) is 0. The Labute approximate surface area is 122 Å². The number of hydrogen-bond donors (Lipinski definition) is 3. The minimum absolute atomic E-state index is 0.156. The first-order chi connectivity index (χ1) is 9.00. The molecule has 0 aliphatic heterocycles. The van der Waals surface area contributed by atoms with E-state index in [2.05, 4.69) is 5.32 Å². The van der Waals surface area contributed by atoms with E-state index in [1.807, 2.05) is 20.8 Å². The number of alkyl halides is 3. The topological polar surface area (TPSA) is 78.4 Å². The first-order valence-corrected chi connectivity index (χ1v) is 6.41. The number of amides is 2. The molecule has 21 heavy (non-hydrogen) atoms. The van der Waals surface area contributed by atoms with Gasteiger partial charge in [0.15, 0.2) is 0 Å². The van der Waals surface area contributed by atoms with Crippen molar-refractivity contribution in [1.29, 1.82) is 0 Å². The van der Waals surface area contributed by atoms with Gasteiger partial charge in [0.2, 0.25) is 5.54 Å². The van der Waals surface area contributed by atoms with Gasteiger partial charge < -0.3 is 15.7 Å². The zero-order chi connectivity index (χ0) is 17.3. The Morgan fingerprint density at radius 2 is 1.38 bits per heavy atom. The Hall–Kier alpha value is -1.47. The second-order valence-electron chi connectivity index (χ2n) is 7.13. The Balaban J connectivity index is 5.02. The molecule has 0 saturated carbocycles. The van der Waals surface area contributed by atoms with Gasteiger partial charge in [0.25, 0.3) is 0 Å². The Kier molecular flexibility index (Phi) is 5.33. The Bertz CT molecular complexity index is 414. The van der Waals surface area contributed by atoms with Crippen molar-refractivity contribution in [3.05, 3.63) is 0 Å². The van der Waals surface area contributed by atoms with Crippen LogP contribution in [0.15, 0.2) is 0 Å². The van der Waals surface area contributed by atoms with E-state index in [1.54, 1.807) is 13.8 Å². The molecular weight excluding hydrogens is 289 g/mol. The summed E-state index contributed by atoms with van der Waals surface area (Å²) in [5, 5.41) is 12.6. The van der Waals surface area contributed by atoms with E-state index in [1.165, 1.54) is 5.32 Å². The molecule has 3 N–H and O–H groups in total. The lowest BCUT2D eigenvalue weighted by atomic mass is 9.82. The summed E-state index contributed by atoms with van der Waals surface area (Å²) >= 11 is 0. The zero-order valence-corrected chi connectivity index (χ0v) is 13.1. The van der Waals surface area contributed by atoms with E-state index in [0.717, 1.165) is 0 Å². The molecule has 0 fully saturated rings. The van der Waals surface area contributed by atoms with Crippen LogP contribution in [0.5, 0.6) is 0 Å². The molecule has 0 aromatic carbocycles. The normalized spacial score (nSPS) is 16.0. The number of carboxylic acids is 1. The van der Waals surface area contributed by atoms with Crippen LogP contribution in [0.3, 0.4) is 0 Å². The number of halogens is 3. The highest BCUT2D eigenvalue weighted by molar-refractivity contribution is 5.87. The maximum atomic E-state index is 12.8. The SMILES string of the molecule is CC(C)(C)CC(C)(C)NC(=O)NC(C)(C(=O)O)C(F)(F)F. The summed E-state index contributed by atoms with van der Waals surface area (Å²) in [6.45, 7) is 9.49. The Morgan fingerprint density at radius 3 is 1.67 bits per heavy atom. The van der Waals surface area contributed by atoms with Gasteiger partial charge in [0.1, 0.15) is 0 Å². The third-order valence-electron chi connectivity index (χ3n) is 2.78. The molecule has 2 amide bonds. The quantitative estimate of drug-likeness (QED) is 0.747. The molecule has 0 aromatic heterocycles. The molecule has 124 valence electrons. The monoisotopic (exact) mass is 312 g/mol. The van der Waals surface area contributed by atoms with E-state index >= 15 is 0 Å². The van der Waals surface area contributed by atoms with Crippen LogP contribution in [0.2, 0.25) is 0 Å². The number of carbonyl (C=O) groups is 2. The minimum atomic E-state index is -5.11. The molecule has 5 nitrogen and oxygen atoms in total. The molecule has 0 aliphatic rings. The maximum Gasteiger partial charge on any atom is 0.422 e.